The molecule has 80 valence electrons. The molecule has 0 saturated heterocycles. The van der Waals surface area contributed by atoms with Gasteiger partial charge in [0.25, 0.3) is 0 Å². The Morgan fingerprint density at radius 2 is 1.87 bits per heavy atom. The van der Waals surface area contributed by atoms with E-state index >= 15 is 0 Å². The molecule has 15 heavy (non-hydrogen) atoms. The van der Waals surface area contributed by atoms with Crippen molar-refractivity contribution in [2.45, 2.75) is 26.7 Å². The van der Waals surface area contributed by atoms with E-state index in [9.17, 15) is 0 Å². The van der Waals surface area contributed by atoms with Crippen LogP contribution in [0.3, 0.4) is 0 Å². The fraction of sp³-hybridized carbons (Fsp3) is 0.429. The second-order valence-corrected chi connectivity index (χ2v) is 3.86. The largest absolute Gasteiger partial charge is 0.306 e. The summed E-state index contributed by atoms with van der Waals surface area (Å²) in [6, 6.07) is 8.49. The van der Waals surface area contributed by atoms with Crippen molar-refractivity contribution in [2.24, 2.45) is 0 Å². The molecule has 0 unspecified atom stereocenters. The van der Waals surface area contributed by atoms with Gasteiger partial charge in [-0.05, 0) is 30.2 Å². The lowest BCUT2D eigenvalue weighted by Gasteiger charge is -2.03. The molecule has 0 amide bonds. The van der Waals surface area contributed by atoms with Gasteiger partial charge < -0.3 is 5.32 Å². The van der Waals surface area contributed by atoms with Crippen LogP contribution in [0.5, 0.6) is 0 Å². The summed E-state index contributed by atoms with van der Waals surface area (Å²) in [6.07, 6.45) is 0. The van der Waals surface area contributed by atoms with Gasteiger partial charge in [0, 0.05) is 5.56 Å². The van der Waals surface area contributed by atoms with Crippen LogP contribution in [0.1, 0.15) is 37.8 Å². The molecule has 0 saturated carbocycles. The van der Waals surface area contributed by atoms with Crippen molar-refractivity contribution < 1.29 is 0 Å². The predicted molar refractivity (Wildman–Crippen MR) is 66.0 cm³/mol. The van der Waals surface area contributed by atoms with E-state index in [0.717, 1.165) is 18.7 Å². The molecule has 1 nitrogen and oxygen atoms in total. The fourth-order valence-electron chi connectivity index (χ4n) is 1.29. The minimum Gasteiger partial charge on any atom is -0.306 e. The van der Waals surface area contributed by atoms with Crippen LogP contribution in [0.25, 0.3) is 0 Å². The second-order valence-electron chi connectivity index (χ2n) is 3.86. The van der Waals surface area contributed by atoms with Crippen LogP contribution in [-0.4, -0.2) is 13.1 Å². The summed E-state index contributed by atoms with van der Waals surface area (Å²) in [5.74, 6) is 6.81. The Hall–Kier alpha value is -1.26. The van der Waals surface area contributed by atoms with E-state index in [1.54, 1.807) is 0 Å². The van der Waals surface area contributed by atoms with Crippen LogP contribution in [0.15, 0.2) is 24.3 Å². The Balaban J connectivity index is 2.59. The maximum absolute atomic E-state index is 3.17. The van der Waals surface area contributed by atoms with Crippen LogP contribution in [0.4, 0.5) is 0 Å². The van der Waals surface area contributed by atoms with Gasteiger partial charge in [0.1, 0.15) is 0 Å². The molecule has 0 aliphatic heterocycles. The summed E-state index contributed by atoms with van der Waals surface area (Å²) in [4.78, 5) is 0. The summed E-state index contributed by atoms with van der Waals surface area (Å²) in [5.41, 5.74) is 2.46. The SMILES string of the molecule is CCNCC#Cc1ccc(C(C)C)cc1. The number of hydrogen-bond donors (Lipinski definition) is 1. The maximum atomic E-state index is 3.17. The first kappa shape index (κ1) is 11.8. The topological polar surface area (TPSA) is 12.0 Å². The van der Waals surface area contributed by atoms with Crippen LogP contribution in [0, 0.1) is 11.8 Å². The zero-order valence-electron chi connectivity index (χ0n) is 9.80. The Morgan fingerprint density at radius 3 is 2.40 bits per heavy atom. The molecule has 0 radical (unpaired) electrons. The van der Waals surface area contributed by atoms with Crippen molar-refractivity contribution in [1.82, 2.24) is 5.32 Å². The first-order valence-corrected chi connectivity index (χ1v) is 5.53. The second kappa shape index (κ2) is 6.27. The predicted octanol–water partition coefficient (Wildman–Crippen LogP) is 2.77. The van der Waals surface area contributed by atoms with E-state index in [-0.39, 0.29) is 0 Å². The van der Waals surface area contributed by atoms with Gasteiger partial charge in [-0.25, -0.2) is 0 Å². The van der Waals surface area contributed by atoms with E-state index in [0.29, 0.717) is 5.92 Å². The summed E-state index contributed by atoms with van der Waals surface area (Å²) in [7, 11) is 0. The van der Waals surface area contributed by atoms with Crippen LogP contribution < -0.4 is 5.32 Å². The van der Waals surface area contributed by atoms with Crippen LogP contribution in [0.2, 0.25) is 0 Å². The van der Waals surface area contributed by atoms with Crippen molar-refractivity contribution >= 4 is 0 Å². The van der Waals surface area contributed by atoms with Gasteiger partial charge in [0.05, 0.1) is 6.54 Å². The van der Waals surface area contributed by atoms with E-state index in [4.69, 9.17) is 0 Å². The molecular formula is C14H19N. The highest BCUT2D eigenvalue weighted by Gasteiger charge is 1.96. The zero-order valence-corrected chi connectivity index (χ0v) is 9.80. The highest BCUT2D eigenvalue weighted by Crippen LogP contribution is 2.13. The van der Waals surface area contributed by atoms with Crippen molar-refractivity contribution in [3.8, 4) is 11.8 Å². The van der Waals surface area contributed by atoms with Gasteiger partial charge in [-0.3, -0.25) is 0 Å². The molecule has 1 aromatic carbocycles. The maximum Gasteiger partial charge on any atom is 0.0580 e. The van der Waals surface area contributed by atoms with Gasteiger partial charge in [-0.15, -0.1) is 0 Å². The lowest BCUT2D eigenvalue weighted by Crippen LogP contribution is -2.11. The average molecular weight is 201 g/mol. The molecule has 0 aliphatic carbocycles. The smallest absolute Gasteiger partial charge is 0.0580 e. The molecular weight excluding hydrogens is 182 g/mol. The Kier molecular flexibility index (Phi) is 4.93. The van der Waals surface area contributed by atoms with Gasteiger partial charge >= 0.3 is 0 Å². The molecule has 1 aromatic rings. The normalized spacial score (nSPS) is 9.87. The zero-order chi connectivity index (χ0) is 11.1. The number of benzene rings is 1. The monoisotopic (exact) mass is 201 g/mol. The molecule has 1 N–H and O–H groups in total. The lowest BCUT2D eigenvalue weighted by molar-refractivity contribution is 0.811. The van der Waals surface area contributed by atoms with E-state index in [1.807, 2.05) is 0 Å². The van der Waals surface area contributed by atoms with E-state index < -0.39 is 0 Å². The minimum absolute atomic E-state index is 0.591. The first-order valence-electron chi connectivity index (χ1n) is 5.53. The summed E-state index contributed by atoms with van der Waals surface area (Å²) in [6.45, 7) is 8.22. The summed E-state index contributed by atoms with van der Waals surface area (Å²) in [5, 5.41) is 3.17. The van der Waals surface area contributed by atoms with E-state index in [2.05, 4.69) is 62.2 Å². The summed E-state index contributed by atoms with van der Waals surface area (Å²) < 4.78 is 0. The third-order valence-corrected chi connectivity index (χ3v) is 2.27. The quantitative estimate of drug-likeness (QED) is 0.585. The van der Waals surface area contributed by atoms with Crippen molar-refractivity contribution in [3.63, 3.8) is 0 Å². The molecule has 0 aromatic heterocycles. The summed E-state index contributed by atoms with van der Waals surface area (Å²) >= 11 is 0. The molecule has 0 bridgehead atoms. The van der Waals surface area contributed by atoms with Crippen molar-refractivity contribution in [2.75, 3.05) is 13.1 Å². The molecule has 0 atom stereocenters. The molecule has 0 aliphatic rings. The highest BCUT2D eigenvalue weighted by atomic mass is 14.8. The van der Waals surface area contributed by atoms with E-state index in [1.165, 1.54) is 5.56 Å². The minimum atomic E-state index is 0.591. The van der Waals surface area contributed by atoms with Crippen LogP contribution >= 0.6 is 0 Å². The molecule has 1 rings (SSSR count). The van der Waals surface area contributed by atoms with Crippen molar-refractivity contribution in [1.29, 1.82) is 0 Å². The van der Waals surface area contributed by atoms with Gasteiger partial charge in [-0.1, -0.05) is 44.7 Å². The van der Waals surface area contributed by atoms with Gasteiger partial charge in [0.2, 0.25) is 0 Å². The fourth-order valence-corrected chi connectivity index (χ4v) is 1.29. The molecule has 0 fully saturated rings. The van der Waals surface area contributed by atoms with Crippen molar-refractivity contribution in [3.05, 3.63) is 35.4 Å². The van der Waals surface area contributed by atoms with Crippen LogP contribution in [-0.2, 0) is 0 Å². The number of rotatable bonds is 3. The number of nitrogens with one attached hydrogen (secondary N) is 1. The molecule has 0 heterocycles. The first-order chi connectivity index (χ1) is 7.24. The molecule has 0 spiro atoms. The molecule has 1 heteroatoms. The standard InChI is InChI=1S/C14H19N/c1-4-15-11-5-6-13-7-9-14(10-8-13)12(2)3/h7-10,12,15H,4,11H2,1-3H3. The average Bonchev–Trinajstić information content (AvgIpc) is 2.25. The Bertz CT molecular complexity index is 338. The van der Waals surface area contributed by atoms with Gasteiger partial charge in [0.15, 0.2) is 0 Å². The number of hydrogen-bond acceptors (Lipinski definition) is 1. The Morgan fingerprint density at radius 1 is 1.20 bits per heavy atom. The van der Waals surface area contributed by atoms with Gasteiger partial charge in [-0.2, -0.15) is 0 Å². The third kappa shape index (κ3) is 4.18. The lowest BCUT2D eigenvalue weighted by atomic mass is 10.0. The highest BCUT2D eigenvalue weighted by molar-refractivity contribution is 5.37. The third-order valence-electron chi connectivity index (χ3n) is 2.27. The Labute approximate surface area is 92.9 Å².